The van der Waals surface area contributed by atoms with Crippen molar-refractivity contribution in [1.82, 2.24) is 0 Å². The molecule has 0 bridgehead atoms. The Hall–Kier alpha value is 0.410. The first kappa shape index (κ1) is 8.41. The van der Waals surface area contributed by atoms with Gasteiger partial charge in [-0.25, -0.2) is 4.39 Å². The summed E-state index contributed by atoms with van der Waals surface area (Å²) in [5.74, 6) is 0.468. The van der Waals surface area contributed by atoms with Gasteiger partial charge in [-0.1, -0.05) is 22.9 Å². The van der Waals surface area contributed by atoms with Crippen LogP contribution < -0.4 is 0 Å². The Morgan fingerprint density at radius 1 is 1.50 bits per heavy atom. The van der Waals surface area contributed by atoms with E-state index in [2.05, 4.69) is 15.9 Å². The molecule has 0 aromatic heterocycles. The Morgan fingerprint density at radius 3 is 2.12 bits per heavy atom. The maximum atomic E-state index is 12.1. The van der Waals surface area contributed by atoms with Crippen LogP contribution in [0.5, 0.6) is 0 Å². The molecule has 8 heavy (non-hydrogen) atoms. The summed E-state index contributed by atoms with van der Waals surface area (Å²) in [6.45, 7) is 3.63. The van der Waals surface area contributed by atoms with E-state index < -0.39 is 6.17 Å². The summed E-state index contributed by atoms with van der Waals surface area (Å²) in [6, 6.07) is 0. The molecule has 2 unspecified atom stereocenters. The lowest BCUT2D eigenvalue weighted by Gasteiger charge is -2.06. The van der Waals surface area contributed by atoms with Gasteiger partial charge in [0.1, 0.15) is 0 Å². The van der Waals surface area contributed by atoms with E-state index >= 15 is 0 Å². The minimum atomic E-state index is -0.650. The van der Waals surface area contributed by atoms with Gasteiger partial charge >= 0.3 is 0 Å². The molecule has 0 heterocycles. The van der Waals surface area contributed by atoms with Crippen LogP contribution in [-0.4, -0.2) is 11.5 Å². The normalized spacial score (nSPS) is 18.0. The Labute approximate surface area is 58.6 Å². The van der Waals surface area contributed by atoms with E-state index in [1.165, 1.54) is 0 Å². The van der Waals surface area contributed by atoms with E-state index in [4.69, 9.17) is 0 Å². The van der Waals surface area contributed by atoms with E-state index in [-0.39, 0.29) is 0 Å². The fraction of sp³-hybridized carbons (Fsp3) is 1.00. The second-order valence-electron chi connectivity index (χ2n) is 2.28. The van der Waals surface area contributed by atoms with Crippen LogP contribution in [0.15, 0.2) is 0 Å². The Kier molecular flexibility index (Phi) is 4.53. The monoisotopic (exact) mass is 182 g/mol. The first-order valence-electron chi connectivity index (χ1n) is 2.86. The van der Waals surface area contributed by atoms with Crippen LogP contribution in [0.2, 0.25) is 0 Å². The molecule has 50 valence electrons. The minimum Gasteiger partial charge on any atom is -0.248 e. The van der Waals surface area contributed by atoms with Gasteiger partial charge in [0.15, 0.2) is 0 Å². The molecule has 0 aliphatic heterocycles. The SMILES string of the molecule is CC(F)CC(C)CBr. The maximum Gasteiger partial charge on any atom is 0.0976 e. The van der Waals surface area contributed by atoms with Crippen molar-refractivity contribution in [2.24, 2.45) is 5.92 Å². The molecule has 0 fully saturated rings. The van der Waals surface area contributed by atoms with Crippen LogP contribution in [0.25, 0.3) is 0 Å². The highest BCUT2D eigenvalue weighted by molar-refractivity contribution is 9.09. The van der Waals surface area contributed by atoms with Gasteiger partial charge in [-0.15, -0.1) is 0 Å². The Bertz CT molecular complexity index is 54.5. The number of hydrogen-bond donors (Lipinski definition) is 0. The predicted molar refractivity (Wildman–Crippen MR) is 38.1 cm³/mol. The molecule has 0 saturated carbocycles. The molecule has 0 aliphatic carbocycles. The molecular weight excluding hydrogens is 171 g/mol. The van der Waals surface area contributed by atoms with Crippen molar-refractivity contribution in [2.75, 3.05) is 5.33 Å². The fourth-order valence-electron chi connectivity index (χ4n) is 0.617. The van der Waals surface area contributed by atoms with Crippen LogP contribution in [0.3, 0.4) is 0 Å². The van der Waals surface area contributed by atoms with Gasteiger partial charge in [0.05, 0.1) is 6.17 Å². The lowest BCUT2D eigenvalue weighted by molar-refractivity contribution is 0.308. The van der Waals surface area contributed by atoms with Crippen molar-refractivity contribution in [2.45, 2.75) is 26.4 Å². The third kappa shape index (κ3) is 4.57. The molecule has 0 nitrogen and oxygen atoms in total. The highest BCUT2D eigenvalue weighted by atomic mass is 79.9. The van der Waals surface area contributed by atoms with Crippen LogP contribution in [0.1, 0.15) is 20.3 Å². The summed E-state index contributed by atoms with van der Waals surface area (Å²) in [4.78, 5) is 0. The van der Waals surface area contributed by atoms with Gasteiger partial charge < -0.3 is 0 Å². The fourth-order valence-corrected chi connectivity index (χ4v) is 0.882. The number of hydrogen-bond acceptors (Lipinski definition) is 0. The zero-order valence-corrected chi connectivity index (χ0v) is 6.91. The van der Waals surface area contributed by atoms with Crippen LogP contribution in [-0.2, 0) is 0 Å². The third-order valence-corrected chi connectivity index (χ3v) is 2.10. The molecule has 2 atom stereocenters. The first-order valence-corrected chi connectivity index (χ1v) is 3.99. The van der Waals surface area contributed by atoms with Crippen molar-refractivity contribution in [1.29, 1.82) is 0 Å². The van der Waals surface area contributed by atoms with E-state index in [1.807, 2.05) is 6.92 Å². The van der Waals surface area contributed by atoms with Gasteiger partial charge in [0.25, 0.3) is 0 Å². The topological polar surface area (TPSA) is 0 Å². The smallest absolute Gasteiger partial charge is 0.0976 e. The van der Waals surface area contributed by atoms with Crippen molar-refractivity contribution in [3.8, 4) is 0 Å². The van der Waals surface area contributed by atoms with Gasteiger partial charge in [0.2, 0.25) is 0 Å². The summed E-state index contributed by atoms with van der Waals surface area (Å²) >= 11 is 3.28. The minimum absolute atomic E-state index is 0.468. The van der Waals surface area contributed by atoms with Crippen molar-refractivity contribution in [3.05, 3.63) is 0 Å². The van der Waals surface area contributed by atoms with E-state index in [0.717, 1.165) is 5.33 Å². The molecule has 0 spiro atoms. The van der Waals surface area contributed by atoms with Gasteiger partial charge in [-0.2, -0.15) is 0 Å². The molecule has 0 amide bonds. The quantitative estimate of drug-likeness (QED) is 0.590. The lowest BCUT2D eigenvalue weighted by Crippen LogP contribution is -2.03. The second-order valence-corrected chi connectivity index (χ2v) is 2.92. The number of alkyl halides is 2. The molecule has 0 aliphatic rings. The van der Waals surface area contributed by atoms with Crippen LogP contribution in [0.4, 0.5) is 4.39 Å². The van der Waals surface area contributed by atoms with Crippen molar-refractivity contribution >= 4 is 15.9 Å². The summed E-state index contributed by atoms with van der Waals surface area (Å²) < 4.78 is 12.1. The average Bonchev–Trinajstić information content (AvgIpc) is 1.65. The highest BCUT2D eigenvalue weighted by Gasteiger charge is 2.04. The maximum absolute atomic E-state index is 12.1. The van der Waals surface area contributed by atoms with Gasteiger partial charge in [0, 0.05) is 5.33 Å². The Balaban J connectivity index is 3.10. The highest BCUT2D eigenvalue weighted by Crippen LogP contribution is 2.10. The summed E-state index contributed by atoms with van der Waals surface area (Å²) in [5, 5.41) is 0.904. The van der Waals surface area contributed by atoms with Crippen molar-refractivity contribution in [3.63, 3.8) is 0 Å². The first-order chi connectivity index (χ1) is 3.66. The van der Waals surface area contributed by atoms with E-state index in [9.17, 15) is 4.39 Å². The summed E-state index contributed by atoms with van der Waals surface area (Å²) in [5.41, 5.74) is 0. The van der Waals surface area contributed by atoms with Crippen LogP contribution in [0, 0.1) is 5.92 Å². The molecule has 0 aromatic carbocycles. The molecule has 0 aromatic rings. The van der Waals surface area contributed by atoms with Gasteiger partial charge in [-0.3, -0.25) is 0 Å². The number of rotatable bonds is 3. The summed E-state index contributed by atoms with van der Waals surface area (Å²) in [7, 11) is 0. The van der Waals surface area contributed by atoms with Crippen LogP contribution >= 0.6 is 15.9 Å². The largest absolute Gasteiger partial charge is 0.248 e. The third-order valence-electron chi connectivity index (χ3n) is 0.991. The zero-order valence-electron chi connectivity index (χ0n) is 5.32. The standard InChI is InChI=1S/C6H12BrF/c1-5(4-7)3-6(2)8/h5-6H,3-4H2,1-2H3. The number of halogens is 2. The van der Waals surface area contributed by atoms with Crippen molar-refractivity contribution < 1.29 is 4.39 Å². The van der Waals surface area contributed by atoms with E-state index in [0.29, 0.717) is 12.3 Å². The van der Waals surface area contributed by atoms with E-state index in [1.54, 1.807) is 6.92 Å². The average molecular weight is 183 g/mol. The molecule has 0 radical (unpaired) electrons. The second kappa shape index (κ2) is 4.30. The molecule has 0 rings (SSSR count). The summed E-state index contributed by atoms with van der Waals surface area (Å²) in [6.07, 6.45) is 0.0215. The lowest BCUT2D eigenvalue weighted by atomic mass is 10.1. The Morgan fingerprint density at radius 2 is 2.00 bits per heavy atom. The predicted octanol–water partition coefficient (Wildman–Crippen LogP) is 2.77. The van der Waals surface area contributed by atoms with Gasteiger partial charge in [-0.05, 0) is 19.3 Å². The molecule has 0 saturated heterocycles. The zero-order chi connectivity index (χ0) is 6.57. The molecule has 0 N–H and O–H groups in total. The molecule has 2 heteroatoms. The molecular formula is C6H12BrF.